The van der Waals surface area contributed by atoms with E-state index in [1.165, 1.54) is 0 Å². The van der Waals surface area contributed by atoms with Crippen LogP contribution < -0.4 is 19.7 Å². The summed E-state index contributed by atoms with van der Waals surface area (Å²) in [4.78, 5) is 2.24. The maximum absolute atomic E-state index is 6.50. The van der Waals surface area contributed by atoms with Crippen LogP contribution in [0.4, 0.5) is 11.4 Å². The summed E-state index contributed by atoms with van der Waals surface area (Å²) in [6.07, 6.45) is 0. The van der Waals surface area contributed by atoms with Gasteiger partial charge in [0, 0.05) is 36.4 Å². The SMILES string of the molecule is CCOc1cc(CNc2ccc(N3CCOCC3)c(Cl)c2)c(Cl)cc1OC. The van der Waals surface area contributed by atoms with Gasteiger partial charge in [0.25, 0.3) is 0 Å². The number of ether oxygens (including phenoxy) is 3. The molecule has 0 atom stereocenters. The second kappa shape index (κ2) is 9.40. The highest BCUT2D eigenvalue weighted by atomic mass is 35.5. The molecule has 0 amide bonds. The van der Waals surface area contributed by atoms with Gasteiger partial charge in [0.2, 0.25) is 0 Å². The fraction of sp³-hybridized carbons (Fsp3) is 0.400. The molecule has 1 fully saturated rings. The predicted octanol–water partition coefficient (Wildman–Crippen LogP) is 4.85. The third-order valence-corrected chi connectivity index (χ3v) is 5.07. The van der Waals surface area contributed by atoms with Gasteiger partial charge in [0.15, 0.2) is 11.5 Å². The Morgan fingerprint density at radius 3 is 2.52 bits per heavy atom. The Bertz CT molecular complexity index is 780. The Hall–Kier alpha value is -1.82. The second-order valence-corrected chi connectivity index (χ2v) is 6.96. The fourth-order valence-corrected chi connectivity index (χ4v) is 3.54. The number of halogens is 2. The predicted molar refractivity (Wildman–Crippen MR) is 111 cm³/mol. The number of hydrogen-bond acceptors (Lipinski definition) is 5. The zero-order valence-electron chi connectivity index (χ0n) is 15.6. The Kier molecular flexibility index (Phi) is 6.94. The molecule has 0 aliphatic carbocycles. The van der Waals surface area contributed by atoms with Crippen LogP contribution in [0.15, 0.2) is 30.3 Å². The summed E-state index contributed by atoms with van der Waals surface area (Å²) >= 11 is 12.9. The van der Waals surface area contributed by atoms with E-state index < -0.39 is 0 Å². The monoisotopic (exact) mass is 410 g/mol. The molecule has 5 nitrogen and oxygen atoms in total. The molecule has 0 unspecified atom stereocenters. The van der Waals surface area contributed by atoms with Crippen molar-refractivity contribution in [2.45, 2.75) is 13.5 Å². The molecule has 2 aromatic rings. The van der Waals surface area contributed by atoms with E-state index in [0.717, 1.165) is 48.3 Å². The van der Waals surface area contributed by atoms with E-state index >= 15 is 0 Å². The molecule has 0 bridgehead atoms. The molecule has 0 aromatic heterocycles. The molecular weight excluding hydrogens is 387 g/mol. The first-order valence-corrected chi connectivity index (χ1v) is 9.73. The van der Waals surface area contributed by atoms with E-state index in [9.17, 15) is 0 Å². The van der Waals surface area contributed by atoms with Crippen molar-refractivity contribution in [2.24, 2.45) is 0 Å². The highest BCUT2D eigenvalue weighted by Crippen LogP contribution is 2.34. The van der Waals surface area contributed by atoms with Gasteiger partial charge in [-0.05, 0) is 36.8 Å². The van der Waals surface area contributed by atoms with E-state index in [1.807, 2.05) is 31.2 Å². The summed E-state index contributed by atoms with van der Waals surface area (Å²) in [5.41, 5.74) is 2.89. The van der Waals surface area contributed by atoms with Crippen LogP contribution in [0.2, 0.25) is 10.0 Å². The minimum atomic E-state index is 0.552. The number of methoxy groups -OCH3 is 1. The lowest BCUT2D eigenvalue weighted by molar-refractivity contribution is 0.122. The van der Waals surface area contributed by atoms with Crippen molar-refractivity contribution in [3.8, 4) is 11.5 Å². The molecule has 146 valence electrons. The van der Waals surface area contributed by atoms with Crippen molar-refractivity contribution < 1.29 is 14.2 Å². The molecule has 0 radical (unpaired) electrons. The number of morpholine rings is 1. The van der Waals surface area contributed by atoms with E-state index in [2.05, 4.69) is 10.2 Å². The molecule has 1 aliphatic heterocycles. The Balaban J connectivity index is 1.71. The Morgan fingerprint density at radius 2 is 1.85 bits per heavy atom. The van der Waals surface area contributed by atoms with E-state index in [4.69, 9.17) is 37.4 Å². The second-order valence-electron chi connectivity index (χ2n) is 6.15. The van der Waals surface area contributed by atoms with Crippen molar-refractivity contribution in [3.63, 3.8) is 0 Å². The molecule has 0 saturated carbocycles. The normalized spacial score (nSPS) is 14.1. The minimum Gasteiger partial charge on any atom is -0.493 e. The quantitative estimate of drug-likeness (QED) is 0.706. The standard InChI is InChI=1S/C20H24Cl2N2O3/c1-3-27-20-10-14(16(21)12-19(20)25-2)13-23-15-4-5-18(17(22)11-15)24-6-8-26-9-7-24/h4-5,10-12,23H,3,6-9,13H2,1-2H3. The van der Waals surface area contributed by atoms with Gasteiger partial charge >= 0.3 is 0 Å². The first-order valence-electron chi connectivity index (χ1n) is 8.97. The number of rotatable bonds is 7. The number of nitrogens with one attached hydrogen (secondary N) is 1. The first kappa shape index (κ1) is 19.9. The average Bonchev–Trinajstić information content (AvgIpc) is 2.69. The summed E-state index contributed by atoms with van der Waals surface area (Å²) in [5, 5.41) is 4.72. The maximum Gasteiger partial charge on any atom is 0.162 e. The summed E-state index contributed by atoms with van der Waals surface area (Å²) in [6.45, 7) is 6.22. The van der Waals surface area contributed by atoms with E-state index in [1.54, 1.807) is 13.2 Å². The molecule has 7 heteroatoms. The number of benzene rings is 2. The fourth-order valence-electron chi connectivity index (χ4n) is 3.02. The molecule has 3 rings (SSSR count). The largest absolute Gasteiger partial charge is 0.493 e. The van der Waals surface area contributed by atoms with Crippen LogP contribution in [0.25, 0.3) is 0 Å². The summed E-state index contributed by atoms with van der Waals surface area (Å²) in [5.74, 6) is 1.31. The molecule has 1 N–H and O–H groups in total. The molecule has 1 saturated heterocycles. The first-order chi connectivity index (χ1) is 13.1. The van der Waals surface area contributed by atoms with Crippen LogP contribution in [0, 0.1) is 0 Å². The van der Waals surface area contributed by atoms with Gasteiger partial charge in [-0.25, -0.2) is 0 Å². The zero-order valence-corrected chi connectivity index (χ0v) is 17.1. The molecule has 2 aromatic carbocycles. The third kappa shape index (κ3) is 4.92. The van der Waals surface area contributed by atoms with Crippen molar-refractivity contribution in [1.82, 2.24) is 0 Å². The smallest absolute Gasteiger partial charge is 0.162 e. The third-order valence-electron chi connectivity index (χ3n) is 4.41. The van der Waals surface area contributed by atoms with E-state index in [0.29, 0.717) is 29.7 Å². The number of anilines is 2. The lowest BCUT2D eigenvalue weighted by Crippen LogP contribution is -2.36. The van der Waals surface area contributed by atoms with Gasteiger partial charge in [-0.1, -0.05) is 23.2 Å². The van der Waals surface area contributed by atoms with E-state index in [-0.39, 0.29) is 0 Å². The van der Waals surface area contributed by atoms with Crippen molar-refractivity contribution >= 4 is 34.6 Å². The summed E-state index contributed by atoms with van der Waals surface area (Å²) in [7, 11) is 1.60. The molecule has 1 heterocycles. The number of hydrogen-bond donors (Lipinski definition) is 1. The average molecular weight is 411 g/mol. The van der Waals surface area contributed by atoms with Crippen LogP contribution in [0.3, 0.4) is 0 Å². The molecular formula is C20H24Cl2N2O3. The van der Waals surface area contributed by atoms with Crippen LogP contribution in [0.1, 0.15) is 12.5 Å². The van der Waals surface area contributed by atoms with Crippen LogP contribution in [-0.4, -0.2) is 40.0 Å². The molecule has 27 heavy (non-hydrogen) atoms. The maximum atomic E-state index is 6.50. The summed E-state index contributed by atoms with van der Waals surface area (Å²) < 4.78 is 16.3. The van der Waals surface area contributed by atoms with Crippen LogP contribution >= 0.6 is 23.2 Å². The highest BCUT2D eigenvalue weighted by molar-refractivity contribution is 6.33. The van der Waals surface area contributed by atoms with Gasteiger partial charge in [0.05, 0.1) is 37.6 Å². The number of nitrogens with zero attached hydrogens (tertiary/aromatic N) is 1. The lowest BCUT2D eigenvalue weighted by Gasteiger charge is -2.29. The Labute approximate surface area is 170 Å². The highest BCUT2D eigenvalue weighted by Gasteiger charge is 2.15. The lowest BCUT2D eigenvalue weighted by atomic mass is 10.2. The topological polar surface area (TPSA) is 43.0 Å². The minimum absolute atomic E-state index is 0.552. The van der Waals surface area contributed by atoms with Gasteiger partial charge in [0.1, 0.15) is 0 Å². The van der Waals surface area contributed by atoms with Crippen molar-refractivity contribution in [3.05, 3.63) is 45.9 Å². The summed E-state index contributed by atoms with van der Waals surface area (Å²) in [6, 6.07) is 9.68. The van der Waals surface area contributed by atoms with Gasteiger partial charge in [-0.15, -0.1) is 0 Å². The Morgan fingerprint density at radius 1 is 1.07 bits per heavy atom. The van der Waals surface area contributed by atoms with Gasteiger partial charge in [-0.2, -0.15) is 0 Å². The van der Waals surface area contributed by atoms with Crippen molar-refractivity contribution in [1.29, 1.82) is 0 Å². The molecule has 1 aliphatic rings. The van der Waals surface area contributed by atoms with Gasteiger partial charge in [-0.3, -0.25) is 0 Å². The van der Waals surface area contributed by atoms with Crippen LogP contribution in [0.5, 0.6) is 11.5 Å². The zero-order chi connectivity index (χ0) is 19.2. The molecule has 0 spiro atoms. The van der Waals surface area contributed by atoms with Crippen LogP contribution in [-0.2, 0) is 11.3 Å². The van der Waals surface area contributed by atoms with Crippen molar-refractivity contribution in [2.75, 3.05) is 50.2 Å². The van der Waals surface area contributed by atoms with Gasteiger partial charge < -0.3 is 24.4 Å².